The number of methoxy groups -OCH3 is 1. The highest BCUT2D eigenvalue weighted by atomic mass is 16.5. The normalized spacial score (nSPS) is 15.3. The molecule has 0 radical (unpaired) electrons. The molecular formula is C22H24N6O3. The van der Waals surface area contributed by atoms with Crippen LogP contribution in [0.3, 0.4) is 0 Å². The van der Waals surface area contributed by atoms with Crippen LogP contribution < -0.4 is 15.4 Å². The minimum absolute atomic E-state index is 0.0588. The van der Waals surface area contributed by atoms with E-state index in [1.807, 2.05) is 31.2 Å². The number of aryl methyl sites for hydroxylation is 1. The molecule has 1 atom stereocenters. The number of rotatable bonds is 7. The maximum absolute atomic E-state index is 13.4. The molecule has 0 bridgehead atoms. The summed E-state index contributed by atoms with van der Waals surface area (Å²) in [6.07, 6.45) is 4.34. The van der Waals surface area contributed by atoms with Crippen LogP contribution in [0.4, 0.5) is 11.6 Å². The number of carbonyl (C=O) groups excluding carboxylic acids is 1. The van der Waals surface area contributed by atoms with E-state index in [4.69, 9.17) is 9.84 Å². The van der Waals surface area contributed by atoms with Gasteiger partial charge in [0.15, 0.2) is 5.82 Å². The van der Waals surface area contributed by atoms with E-state index in [1.165, 1.54) is 0 Å². The molecule has 1 unspecified atom stereocenters. The molecule has 31 heavy (non-hydrogen) atoms. The summed E-state index contributed by atoms with van der Waals surface area (Å²) in [5, 5.41) is 19.9. The number of pyridine rings is 1. The highest BCUT2D eigenvalue weighted by molar-refractivity contribution is 6.06. The summed E-state index contributed by atoms with van der Waals surface area (Å²) in [4.78, 5) is 22.0. The standard InChI is InChI=1S/C22H24N6O3/c1-14-19(21(30)25-15-7-5-11-23-13-15)20(16-8-3-4-9-17(16)31-2)28-22(24-14)26-18(27-28)10-6-12-29/h3-5,7-9,11,13,20,29H,6,10,12H2,1-2H3,(H,25,30)(H,24,26,27). The highest BCUT2D eigenvalue weighted by Gasteiger charge is 2.35. The van der Waals surface area contributed by atoms with Crippen molar-refractivity contribution in [3.8, 4) is 5.75 Å². The van der Waals surface area contributed by atoms with E-state index in [0.717, 1.165) is 5.56 Å². The molecule has 0 fully saturated rings. The third-order valence-corrected chi connectivity index (χ3v) is 5.05. The number of aliphatic hydroxyl groups is 1. The van der Waals surface area contributed by atoms with Crippen molar-refractivity contribution in [2.75, 3.05) is 24.4 Å². The number of amides is 1. The van der Waals surface area contributed by atoms with E-state index in [-0.39, 0.29) is 12.5 Å². The molecule has 1 aromatic carbocycles. The monoisotopic (exact) mass is 420 g/mol. The van der Waals surface area contributed by atoms with Gasteiger partial charge in [-0.3, -0.25) is 9.78 Å². The van der Waals surface area contributed by atoms with Gasteiger partial charge in [0.05, 0.1) is 24.6 Å². The van der Waals surface area contributed by atoms with Crippen LogP contribution >= 0.6 is 0 Å². The molecule has 0 aliphatic carbocycles. The summed E-state index contributed by atoms with van der Waals surface area (Å²) in [5.74, 6) is 1.51. The summed E-state index contributed by atoms with van der Waals surface area (Å²) in [6, 6.07) is 10.5. The van der Waals surface area contributed by atoms with E-state index in [1.54, 1.807) is 36.3 Å². The third-order valence-electron chi connectivity index (χ3n) is 5.05. The molecule has 1 aliphatic rings. The van der Waals surface area contributed by atoms with Gasteiger partial charge in [-0.15, -0.1) is 0 Å². The predicted molar refractivity (Wildman–Crippen MR) is 116 cm³/mol. The molecule has 9 heteroatoms. The van der Waals surface area contributed by atoms with Crippen LogP contribution in [-0.4, -0.2) is 44.5 Å². The van der Waals surface area contributed by atoms with E-state index < -0.39 is 6.04 Å². The number of carbonyl (C=O) groups is 1. The van der Waals surface area contributed by atoms with E-state index >= 15 is 0 Å². The summed E-state index contributed by atoms with van der Waals surface area (Å²) < 4.78 is 7.29. The van der Waals surface area contributed by atoms with Crippen molar-refractivity contribution in [2.45, 2.75) is 25.8 Å². The maximum atomic E-state index is 13.4. The number of nitrogens with zero attached hydrogens (tertiary/aromatic N) is 4. The molecule has 9 nitrogen and oxygen atoms in total. The zero-order chi connectivity index (χ0) is 21.8. The number of benzene rings is 1. The number of anilines is 2. The zero-order valence-electron chi connectivity index (χ0n) is 17.4. The average Bonchev–Trinajstić information content (AvgIpc) is 3.19. The van der Waals surface area contributed by atoms with Crippen LogP contribution in [0.1, 0.15) is 30.8 Å². The first-order valence-electron chi connectivity index (χ1n) is 10.0. The molecular weight excluding hydrogens is 396 g/mol. The van der Waals surface area contributed by atoms with Crippen molar-refractivity contribution in [3.05, 3.63) is 71.4 Å². The number of nitrogens with one attached hydrogen (secondary N) is 2. The Balaban J connectivity index is 1.80. The van der Waals surface area contributed by atoms with Crippen LogP contribution in [0.15, 0.2) is 60.1 Å². The topological polar surface area (TPSA) is 114 Å². The Hall–Kier alpha value is -3.72. The summed E-state index contributed by atoms with van der Waals surface area (Å²) in [6.45, 7) is 1.90. The quantitative estimate of drug-likeness (QED) is 0.538. The van der Waals surface area contributed by atoms with Crippen molar-refractivity contribution >= 4 is 17.5 Å². The van der Waals surface area contributed by atoms with Gasteiger partial charge in [-0.25, -0.2) is 4.68 Å². The lowest BCUT2D eigenvalue weighted by molar-refractivity contribution is -0.113. The van der Waals surface area contributed by atoms with Gasteiger partial charge in [0, 0.05) is 30.5 Å². The summed E-state index contributed by atoms with van der Waals surface area (Å²) in [7, 11) is 1.60. The van der Waals surface area contributed by atoms with Crippen LogP contribution in [0.5, 0.6) is 5.75 Å². The Morgan fingerprint density at radius 3 is 2.87 bits per heavy atom. The van der Waals surface area contributed by atoms with E-state index in [9.17, 15) is 4.79 Å². The molecule has 0 saturated heterocycles. The van der Waals surface area contributed by atoms with Crippen molar-refractivity contribution in [1.29, 1.82) is 0 Å². The number of aromatic nitrogens is 4. The van der Waals surface area contributed by atoms with Crippen LogP contribution in [0, 0.1) is 0 Å². The first-order chi connectivity index (χ1) is 15.1. The van der Waals surface area contributed by atoms with E-state index in [0.29, 0.717) is 47.3 Å². The number of allylic oxidation sites excluding steroid dienone is 1. The van der Waals surface area contributed by atoms with Crippen molar-refractivity contribution in [2.24, 2.45) is 0 Å². The first kappa shape index (κ1) is 20.5. The second kappa shape index (κ2) is 8.97. The minimum Gasteiger partial charge on any atom is -0.496 e. The molecule has 3 aromatic rings. The van der Waals surface area contributed by atoms with Gasteiger partial charge >= 0.3 is 0 Å². The number of ether oxygens (including phenoxy) is 1. The number of hydrogen-bond donors (Lipinski definition) is 3. The lowest BCUT2D eigenvalue weighted by Crippen LogP contribution is -2.31. The molecule has 4 rings (SSSR count). The van der Waals surface area contributed by atoms with Crippen LogP contribution in [-0.2, 0) is 11.2 Å². The molecule has 1 aliphatic heterocycles. The van der Waals surface area contributed by atoms with Gasteiger partial charge in [0.2, 0.25) is 5.95 Å². The molecule has 1 amide bonds. The second-order valence-corrected chi connectivity index (χ2v) is 7.13. The fourth-order valence-corrected chi connectivity index (χ4v) is 3.65. The third kappa shape index (κ3) is 4.13. The van der Waals surface area contributed by atoms with Gasteiger partial charge in [-0.05, 0) is 31.5 Å². The Morgan fingerprint density at radius 2 is 2.13 bits per heavy atom. The van der Waals surface area contributed by atoms with Gasteiger partial charge in [0.25, 0.3) is 5.91 Å². The summed E-state index contributed by atoms with van der Waals surface area (Å²) in [5.41, 5.74) is 2.56. The lowest BCUT2D eigenvalue weighted by atomic mass is 9.94. The Kier molecular flexibility index (Phi) is 5.94. The predicted octanol–water partition coefficient (Wildman–Crippen LogP) is 2.53. The maximum Gasteiger partial charge on any atom is 0.255 e. The fraction of sp³-hybridized carbons (Fsp3) is 0.273. The van der Waals surface area contributed by atoms with Crippen molar-refractivity contribution < 1.29 is 14.6 Å². The summed E-state index contributed by atoms with van der Waals surface area (Å²) >= 11 is 0. The number of fused-ring (bicyclic) bond motifs is 1. The van der Waals surface area contributed by atoms with Crippen LogP contribution in [0.25, 0.3) is 0 Å². The minimum atomic E-state index is -0.542. The Labute approximate surface area is 179 Å². The Bertz CT molecular complexity index is 1110. The lowest BCUT2D eigenvalue weighted by Gasteiger charge is -2.29. The number of hydrogen-bond acceptors (Lipinski definition) is 7. The average molecular weight is 420 g/mol. The SMILES string of the molecule is COc1ccccc1C1C(C(=O)Nc2cccnc2)=C(C)Nc2nc(CCCO)nn21. The highest BCUT2D eigenvalue weighted by Crippen LogP contribution is 2.39. The van der Waals surface area contributed by atoms with Crippen LogP contribution in [0.2, 0.25) is 0 Å². The molecule has 2 aromatic heterocycles. The van der Waals surface area contributed by atoms with Crippen molar-refractivity contribution in [1.82, 2.24) is 19.7 Å². The van der Waals surface area contributed by atoms with E-state index in [2.05, 4.69) is 25.7 Å². The molecule has 3 N–H and O–H groups in total. The molecule has 3 heterocycles. The smallest absolute Gasteiger partial charge is 0.255 e. The molecule has 0 saturated carbocycles. The molecule has 0 spiro atoms. The number of para-hydroxylation sites is 1. The number of aliphatic hydroxyl groups excluding tert-OH is 1. The van der Waals surface area contributed by atoms with Gasteiger partial charge < -0.3 is 20.5 Å². The van der Waals surface area contributed by atoms with Crippen molar-refractivity contribution in [3.63, 3.8) is 0 Å². The zero-order valence-corrected chi connectivity index (χ0v) is 17.4. The first-order valence-corrected chi connectivity index (χ1v) is 10.0. The second-order valence-electron chi connectivity index (χ2n) is 7.13. The molecule has 160 valence electrons. The largest absolute Gasteiger partial charge is 0.496 e. The fourth-order valence-electron chi connectivity index (χ4n) is 3.65. The van der Waals surface area contributed by atoms with Gasteiger partial charge in [-0.1, -0.05) is 18.2 Å². The van der Waals surface area contributed by atoms with Gasteiger partial charge in [0.1, 0.15) is 11.8 Å². The Morgan fingerprint density at radius 1 is 1.29 bits per heavy atom. The van der Waals surface area contributed by atoms with Gasteiger partial charge in [-0.2, -0.15) is 10.1 Å².